The molecule has 1 aromatic rings. The fourth-order valence-corrected chi connectivity index (χ4v) is 2.64. The quantitative estimate of drug-likeness (QED) is 0.708. The summed E-state index contributed by atoms with van der Waals surface area (Å²) in [5.41, 5.74) is 2.60. The number of amidine groups is 1. The van der Waals surface area contributed by atoms with E-state index in [2.05, 4.69) is 26.6 Å². The van der Waals surface area contributed by atoms with Crippen molar-refractivity contribution in [3.63, 3.8) is 0 Å². The Bertz CT molecular complexity index is 750. The Labute approximate surface area is 153 Å². The average molecular weight is 355 g/mol. The molecule has 0 saturated carbocycles. The smallest absolute Gasteiger partial charge is 0.134 e. The van der Waals surface area contributed by atoms with E-state index in [1.165, 1.54) is 0 Å². The Balaban J connectivity index is 1.85. The molecular weight excluding hydrogens is 330 g/mol. The van der Waals surface area contributed by atoms with Crippen molar-refractivity contribution >= 4 is 17.3 Å². The van der Waals surface area contributed by atoms with Gasteiger partial charge in [0.05, 0.1) is 6.61 Å². The number of fused-ring (bicyclic) bond motifs is 8. The van der Waals surface area contributed by atoms with Gasteiger partial charge in [0.25, 0.3) is 0 Å². The summed E-state index contributed by atoms with van der Waals surface area (Å²) >= 11 is 0. The first-order valence-corrected chi connectivity index (χ1v) is 8.87. The second kappa shape index (κ2) is 9.20. The Morgan fingerprint density at radius 1 is 1.27 bits per heavy atom. The molecule has 0 saturated heterocycles. The third-order valence-corrected chi connectivity index (χ3v) is 4.10. The molecule has 0 aliphatic carbocycles. The molecule has 0 atom stereocenters. The lowest BCUT2D eigenvalue weighted by molar-refractivity contribution is 0.279. The SMILES string of the molecule is CC1=C=NN2C=CC(=NC2)NCCCNCCOc2cc(CO)cc1c2. The summed E-state index contributed by atoms with van der Waals surface area (Å²) in [5, 5.41) is 22.3. The Kier molecular flexibility index (Phi) is 6.44. The van der Waals surface area contributed by atoms with Crippen LogP contribution >= 0.6 is 0 Å². The monoisotopic (exact) mass is 355 g/mol. The van der Waals surface area contributed by atoms with Crippen LogP contribution in [0.25, 0.3) is 5.57 Å². The van der Waals surface area contributed by atoms with Crippen molar-refractivity contribution in [2.75, 3.05) is 32.9 Å². The topological polar surface area (TPSA) is 81.5 Å². The zero-order chi connectivity index (χ0) is 18.2. The third-order valence-electron chi connectivity index (χ3n) is 4.10. The number of hydrazone groups is 1. The van der Waals surface area contributed by atoms with Crippen molar-refractivity contribution in [2.45, 2.75) is 20.0 Å². The standard InChI is InChI=1S/C19H25N5O2/c1-15-12-23-24-7-3-19(22-14-24)21-5-2-4-20-6-8-26-18-10-16(13-25)9-17(15)11-18/h3,7,9-11,20,25H,2,4-6,8,13-14H2,1H3,(H,21,22). The number of ether oxygens (including phenoxy) is 1. The number of hydrogen-bond donors (Lipinski definition) is 3. The number of allylic oxidation sites excluding steroid dienone is 1. The molecule has 26 heavy (non-hydrogen) atoms. The molecule has 7 nitrogen and oxygen atoms in total. The molecule has 3 heterocycles. The van der Waals surface area contributed by atoms with Crippen molar-refractivity contribution in [1.82, 2.24) is 15.6 Å². The Morgan fingerprint density at radius 3 is 3.00 bits per heavy atom. The summed E-state index contributed by atoms with van der Waals surface area (Å²) in [6, 6.07) is 5.74. The number of aliphatic hydroxyl groups excluding tert-OH is 1. The van der Waals surface area contributed by atoms with Gasteiger partial charge in [0.15, 0.2) is 0 Å². The molecule has 0 aromatic heterocycles. The lowest BCUT2D eigenvalue weighted by Gasteiger charge is -2.17. The van der Waals surface area contributed by atoms with E-state index in [4.69, 9.17) is 4.74 Å². The van der Waals surface area contributed by atoms with Gasteiger partial charge in [-0.1, -0.05) is 0 Å². The summed E-state index contributed by atoms with van der Waals surface area (Å²) < 4.78 is 5.83. The van der Waals surface area contributed by atoms with Gasteiger partial charge in [0.1, 0.15) is 24.9 Å². The van der Waals surface area contributed by atoms with Crippen molar-refractivity contribution in [3.05, 3.63) is 41.6 Å². The van der Waals surface area contributed by atoms with E-state index in [1.807, 2.05) is 37.4 Å². The van der Waals surface area contributed by atoms with Gasteiger partial charge in [-0.05, 0) is 55.3 Å². The van der Waals surface area contributed by atoms with Crippen molar-refractivity contribution in [3.8, 4) is 5.75 Å². The largest absolute Gasteiger partial charge is 0.492 e. The molecule has 3 N–H and O–H groups in total. The minimum Gasteiger partial charge on any atom is -0.492 e. The van der Waals surface area contributed by atoms with Gasteiger partial charge < -0.3 is 20.5 Å². The predicted octanol–water partition coefficient (Wildman–Crippen LogP) is 1.31. The normalized spacial score (nSPS) is 18.3. The number of nitrogens with zero attached hydrogens (tertiary/aromatic N) is 3. The minimum atomic E-state index is -0.0355. The van der Waals surface area contributed by atoms with Gasteiger partial charge in [-0.25, -0.2) is 10.0 Å². The highest BCUT2D eigenvalue weighted by atomic mass is 16.5. The van der Waals surface area contributed by atoms with E-state index < -0.39 is 0 Å². The second-order valence-corrected chi connectivity index (χ2v) is 6.18. The highest BCUT2D eigenvalue weighted by Crippen LogP contribution is 2.22. The van der Waals surface area contributed by atoms with Crippen molar-refractivity contribution in [1.29, 1.82) is 0 Å². The van der Waals surface area contributed by atoms with E-state index in [1.54, 1.807) is 5.01 Å². The molecule has 7 heteroatoms. The van der Waals surface area contributed by atoms with E-state index in [0.717, 1.165) is 54.3 Å². The van der Waals surface area contributed by atoms with Crippen molar-refractivity contribution in [2.24, 2.45) is 10.1 Å². The summed E-state index contributed by atoms with van der Waals surface area (Å²) in [7, 11) is 0. The Hall–Kier alpha value is -2.60. The first-order chi connectivity index (χ1) is 12.7. The maximum atomic E-state index is 9.52. The molecule has 1 aromatic carbocycles. The van der Waals surface area contributed by atoms with Gasteiger partial charge >= 0.3 is 0 Å². The predicted molar refractivity (Wildman–Crippen MR) is 103 cm³/mol. The van der Waals surface area contributed by atoms with Crippen LogP contribution in [0.3, 0.4) is 0 Å². The lowest BCUT2D eigenvalue weighted by Crippen LogP contribution is -2.30. The Morgan fingerprint density at radius 2 is 2.19 bits per heavy atom. The maximum absolute atomic E-state index is 9.52. The number of hydrogen-bond acceptors (Lipinski definition) is 7. The first-order valence-electron chi connectivity index (χ1n) is 8.87. The molecular formula is C19H25N5O2. The van der Waals surface area contributed by atoms with Gasteiger partial charge in [-0.15, -0.1) is 5.10 Å². The molecule has 4 rings (SSSR count). The molecule has 3 aliphatic heterocycles. The second-order valence-electron chi connectivity index (χ2n) is 6.18. The number of aliphatic imine (C=N–C) groups is 1. The maximum Gasteiger partial charge on any atom is 0.134 e. The van der Waals surface area contributed by atoms with Crippen LogP contribution in [-0.2, 0) is 6.61 Å². The average Bonchev–Trinajstić information content (AvgIpc) is 2.68. The number of rotatable bonds is 1. The van der Waals surface area contributed by atoms with E-state index >= 15 is 0 Å². The summed E-state index contributed by atoms with van der Waals surface area (Å²) in [4.78, 5) is 4.46. The zero-order valence-electron chi connectivity index (χ0n) is 15.0. The van der Waals surface area contributed by atoms with E-state index in [0.29, 0.717) is 13.3 Å². The van der Waals surface area contributed by atoms with Gasteiger partial charge in [0.2, 0.25) is 0 Å². The fraction of sp³-hybridized carbons (Fsp3) is 0.421. The molecule has 138 valence electrons. The van der Waals surface area contributed by atoms with Crippen LogP contribution in [0.4, 0.5) is 0 Å². The fourth-order valence-electron chi connectivity index (χ4n) is 2.64. The summed E-state index contributed by atoms with van der Waals surface area (Å²) in [6.45, 7) is 5.48. The zero-order valence-corrected chi connectivity index (χ0v) is 15.0. The summed E-state index contributed by atoms with van der Waals surface area (Å²) in [6.07, 6.45) is 4.80. The van der Waals surface area contributed by atoms with Crippen molar-refractivity contribution < 1.29 is 9.84 Å². The third kappa shape index (κ3) is 5.20. The molecule has 0 fully saturated rings. The van der Waals surface area contributed by atoms with Crippen LogP contribution in [0.1, 0.15) is 24.5 Å². The molecule has 0 amide bonds. The number of benzene rings is 1. The molecule has 3 aliphatic rings. The van der Waals surface area contributed by atoms with Crippen LogP contribution in [0, 0.1) is 0 Å². The first kappa shape index (κ1) is 18.2. The molecule has 4 bridgehead atoms. The minimum absolute atomic E-state index is 0.0355. The van der Waals surface area contributed by atoms with Crippen LogP contribution in [0.2, 0.25) is 0 Å². The highest BCUT2D eigenvalue weighted by molar-refractivity contribution is 5.93. The highest BCUT2D eigenvalue weighted by Gasteiger charge is 2.06. The lowest BCUT2D eigenvalue weighted by atomic mass is 10.1. The van der Waals surface area contributed by atoms with Crippen LogP contribution in [0.15, 0.2) is 40.6 Å². The van der Waals surface area contributed by atoms with Gasteiger partial charge in [-0.2, -0.15) is 0 Å². The van der Waals surface area contributed by atoms with Crippen LogP contribution in [-0.4, -0.2) is 54.7 Å². The molecule has 0 spiro atoms. The van der Waals surface area contributed by atoms with E-state index in [-0.39, 0.29) is 6.61 Å². The van der Waals surface area contributed by atoms with Crippen LogP contribution < -0.4 is 15.4 Å². The molecule has 0 unspecified atom stereocenters. The van der Waals surface area contributed by atoms with E-state index in [9.17, 15) is 5.11 Å². The van der Waals surface area contributed by atoms with Crippen LogP contribution in [0.5, 0.6) is 5.75 Å². The number of nitrogens with one attached hydrogen (secondary N) is 2. The summed E-state index contributed by atoms with van der Waals surface area (Å²) in [5.74, 6) is 4.67. The molecule has 0 radical (unpaired) electrons. The number of aliphatic hydroxyl groups is 1. The van der Waals surface area contributed by atoms with Gasteiger partial charge in [0, 0.05) is 30.7 Å². The van der Waals surface area contributed by atoms with Gasteiger partial charge in [-0.3, -0.25) is 0 Å².